The van der Waals surface area contributed by atoms with Gasteiger partial charge in [-0.2, -0.15) is 23.5 Å². The molecule has 0 radical (unpaired) electrons. The highest BCUT2D eigenvalue weighted by Gasteiger charge is 2.13. The third-order valence-corrected chi connectivity index (χ3v) is 5.51. The molecule has 0 saturated carbocycles. The van der Waals surface area contributed by atoms with Gasteiger partial charge in [0.25, 0.3) is 0 Å². The maximum Gasteiger partial charge on any atom is 0.0263 e. The Kier molecular flexibility index (Phi) is 5.07. The van der Waals surface area contributed by atoms with Gasteiger partial charge in [-0.3, -0.25) is 0 Å². The van der Waals surface area contributed by atoms with Crippen LogP contribution < -0.4 is 5.32 Å². The summed E-state index contributed by atoms with van der Waals surface area (Å²) in [6.45, 7) is 4.30. The van der Waals surface area contributed by atoms with Crippen LogP contribution in [-0.2, 0) is 6.54 Å². The summed E-state index contributed by atoms with van der Waals surface area (Å²) in [5.41, 5.74) is 2.75. The monoisotopic (exact) mass is 253 g/mol. The van der Waals surface area contributed by atoms with Gasteiger partial charge < -0.3 is 5.32 Å². The Hall–Kier alpha value is -0.120. The lowest BCUT2D eigenvalue weighted by molar-refractivity contribution is 0.686. The van der Waals surface area contributed by atoms with E-state index in [0.29, 0.717) is 0 Å². The van der Waals surface area contributed by atoms with Crippen molar-refractivity contribution in [2.24, 2.45) is 0 Å². The van der Waals surface area contributed by atoms with E-state index in [2.05, 4.69) is 60.0 Å². The summed E-state index contributed by atoms with van der Waals surface area (Å²) < 4.78 is 0. The Labute approximate surface area is 107 Å². The average molecular weight is 253 g/mol. The van der Waals surface area contributed by atoms with Crippen molar-refractivity contribution in [2.45, 2.75) is 18.7 Å². The molecule has 1 N–H and O–H groups in total. The van der Waals surface area contributed by atoms with Crippen molar-refractivity contribution in [1.29, 1.82) is 0 Å². The van der Waals surface area contributed by atoms with Crippen molar-refractivity contribution in [3.05, 3.63) is 35.4 Å². The van der Waals surface area contributed by atoms with Crippen LogP contribution in [0.15, 0.2) is 24.3 Å². The zero-order valence-corrected chi connectivity index (χ0v) is 11.4. The van der Waals surface area contributed by atoms with Crippen LogP contribution in [0.2, 0.25) is 0 Å². The maximum atomic E-state index is 3.56. The summed E-state index contributed by atoms with van der Waals surface area (Å²) in [6, 6.07) is 8.74. The molecule has 88 valence electrons. The second kappa shape index (κ2) is 6.58. The lowest BCUT2D eigenvalue weighted by atomic mass is 10.1. The van der Waals surface area contributed by atoms with Gasteiger partial charge in [-0.1, -0.05) is 29.8 Å². The molecule has 16 heavy (non-hydrogen) atoms. The summed E-state index contributed by atoms with van der Waals surface area (Å²) in [6.07, 6.45) is 0. The molecule has 1 aromatic carbocycles. The fourth-order valence-corrected chi connectivity index (χ4v) is 4.50. The molecule has 1 saturated heterocycles. The van der Waals surface area contributed by atoms with E-state index in [0.717, 1.165) is 18.3 Å². The molecular weight excluding hydrogens is 234 g/mol. The van der Waals surface area contributed by atoms with Crippen LogP contribution in [0.1, 0.15) is 11.1 Å². The molecule has 1 unspecified atom stereocenters. The van der Waals surface area contributed by atoms with Gasteiger partial charge in [-0.25, -0.2) is 0 Å². The Morgan fingerprint density at radius 3 is 3.06 bits per heavy atom. The van der Waals surface area contributed by atoms with E-state index >= 15 is 0 Å². The highest BCUT2D eigenvalue weighted by molar-refractivity contribution is 8.06. The Morgan fingerprint density at radius 1 is 1.38 bits per heavy atom. The Morgan fingerprint density at radius 2 is 2.31 bits per heavy atom. The summed E-state index contributed by atoms with van der Waals surface area (Å²) in [5.74, 6) is 3.96. The van der Waals surface area contributed by atoms with Gasteiger partial charge in [0.2, 0.25) is 0 Å². The normalized spacial score (nSPS) is 20.9. The summed E-state index contributed by atoms with van der Waals surface area (Å²) in [4.78, 5) is 0. The molecule has 0 spiro atoms. The third kappa shape index (κ3) is 4.04. The molecular formula is C13H19NS2. The van der Waals surface area contributed by atoms with Gasteiger partial charge in [0.15, 0.2) is 0 Å². The van der Waals surface area contributed by atoms with Gasteiger partial charge in [-0.05, 0) is 12.5 Å². The number of nitrogens with one attached hydrogen (secondary N) is 1. The van der Waals surface area contributed by atoms with Crippen molar-refractivity contribution in [1.82, 2.24) is 5.32 Å². The fourth-order valence-electron chi connectivity index (χ4n) is 1.85. The largest absolute Gasteiger partial charge is 0.312 e. The average Bonchev–Trinajstić information content (AvgIpc) is 2.30. The molecule has 1 nitrogen and oxygen atoms in total. The maximum absolute atomic E-state index is 3.56. The molecule has 1 heterocycles. The fraction of sp³-hybridized carbons (Fsp3) is 0.538. The van der Waals surface area contributed by atoms with E-state index in [-0.39, 0.29) is 0 Å². The molecule has 0 bridgehead atoms. The topological polar surface area (TPSA) is 12.0 Å². The Bertz CT molecular complexity index is 321. The first kappa shape index (κ1) is 12.3. The number of hydrogen-bond donors (Lipinski definition) is 1. The predicted molar refractivity (Wildman–Crippen MR) is 76.5 cm³/mol. The van der Waals surface area contributed by atoms with E-state index in [4.69, 9.17) is 0 Å². The van der Waals surface area contributed by atoms with Crippen LogP contribution in [0, 0.1) is 6.92 Å². The molecule has 1 aliphatic rings. The Balaban J connectivity index is 1.71. The van der Waals surface area contributed by atoms with Crippen LogP contribution in [0.3, 0.4) is 0 Å². The first-order chi connectivity index (χ1) is 7.84. The van der Waals surface area contributed by atoms with Gasteiger partial charge in [0.1, 0.15) is 0 Å². The van der Waals surface area contributed by atoms with Crippen molar-refractivity contribution in [3.63, 3.8) is 0 Å². The third-order valence-electron chi connectivity index (χ3n) is 2.67. The van der Waals surface area contributed by atoms with Crippen LogP contribution in [0.4, 0.5) is 0 Å². The zero-order valence-electron chi connectivity index (χ0n) is 9.74. The lowest BCUT2D eigenvalue weighted by Gasteiger charge is -2.21. The molecule has 2 rings (SSSR count). The van der Waals surface area contributed by atoms with Gasteiger partial charge in [0, 0.05) is 35.6 Å². The number of thioether (sulfide) groups is 2. The van der Waals surface area contributed by atoms with Crippen molar-refractivity contribution < 1.29 is 0 Å². The number of hydrogen-bond acceptors (Lipinski definition) is 3. The smallest absolute Gasteiger partial charge is 0.0263 e. The van der Waals surface area contributed by atoms with E-state index in [1.54, 1.807) is 0 Å². The highest BCUT2D eigenvalue weighted by Crippen LogP contribution is 2.23. The van der Waals surface area contributed by atoms with Crippen LogP contribution in [0.5, 0.6) is 0 Å². The van der Waals surface area contributed by atoms with Crippen LogP contribution >= 0.6 is 23.5 Å². The molecule has 3 heteroatoms. The molecule has 0 aromatic heterocycles. The van der Waals surface area contributed by atoms with Crippen LogP contribution in [-0.4, -0.2) is 29.1 Å². The standard InChI is InChI=1S/C13H19NS2/c1-11-3-2-4-12(7-11)8-14-9-13-10-15-5-6-16-13/h2-4,7,13-14H,5-6,8-10H2,1H3. The minimum atomic E-state index is 0.809. The number of aryl methyl sites for hydroxylation is 1. The van der Waals surface area contributed by atoms with Crippen molar-refractivity contribution in [3.8, 4) is 0 Å². The van der Waals surface area contributed by atoms with E-state index in [1.807, 2.05) is 0 Å². The first-order valence-electron chi connectivity index (χ1n) is 5.80. The zero-order chi connectivity index (χ0) is 11.2. The first-order valence-corrected chi connectivity index (χ1v) is 8.00. The predicted octanol–water partition coefficient (Wildman–Crippen LogP) is 2.93. The van der Waals surface area contributed by atoms with Gasteiger partial charge in [0.05, 0.1) is 0 Å². The molecule has 1 fully saturated rings. The van der Waals surface area contributed by atoms with Crippen molar-refractivity contribution >= 4 is 23.5 Å². The molecule has 1 aromatic rings. The van der Waals surface area contributed by atoms with Gasteiger partial charge in [-0.15, -0.1) is 0 Å². The number of rotatable bonds is 4. The quantitative estimate of drug-likeness (QED) is 0.886. The van der Waals surface area contributed by atoms with Crippen LogP contribution in [0.25, 0.3) is 0 Å². The van der Waals surface area contributed by atoms with E-state index in [1.165, 1.54) is 28.4 Å². The lowest BCUT2D eigenvalue weighted by Crippen LogP contribution is -2.28. The molecule has 0 aliphatic carbocycles. The highest BCUT2D eigenvalue weighted by atomic mass is 32.2. The molecule has 1 aliphatic heterocycles. The molecule has 0 amide bonds. The SMILES string of the molecule is Cc1cccc(CNCC2CSCCS2)c1. The summed E-state index contributed by atoms with van der Waals surface area (Å²) in [5, 5.41) is 4.37. The summed E-state index contributed by atoms with van der Waals surface area (Å²) >= 11 is 4.21. The second-order valence-corrected chi connectivity index (χ2v) is 6.75. The van der Waals surface area contributed by atoms with E-state index < -0.39 is 0 Å². The molecule has 1 atom stereocenters. The summed E-state index contributed by atoms with van der Waals surface area (Å²) in [7, 11) is 0. The number of benzene rings is 1. The van der Waals surface area contributed by atoms with Crippen molar-refractivity contribution in [2.75, 3.05) is 23.8 Å². The van der Waals surface area contributed by atoms with Gasteiger partial charge >= 0.3 is 0 Å². The minimum Gasteiger partial charge on any atom is -0.312 e. The van der Waals surface area contributed by atoms with E-state index in [9.17, 15) is 0 Å². The second-order valence-electron chi connectivity index (χ2n) is 4.19. The minimum absolute atomic E-state index is 0.809.